The molecular weight excluding hydrogens is 256 g/mol. The molecule has 0 aliphatic carbocycles. The van der Waals surface area contributed by atoms with Crippen molar-refractivity contribution in [1.82, 2.24) is 0 Å². The van der Waals surface area contributed by atoms with Crippen LogP contribution in [0.4, 0.5) is 0 Å². The van der Waals surface area contributed by atoms with Crippen molar-refractivity contribution in [3.05, 3.63) is 10.8 Å². The van der Waals surface area contributed by atoms with Crippen LogP contribution in [-0.4, -0.2) is 22.3 Å². The quantitative estimate of drug-likeness (QED) is 0.590. The Bertz CT molecular complexity index is 396. The lowest BCUT2D eigenvalue weighted by Crippen LogP contribution is -2.28. The minimum atomic E-state index is 0.190. The van der Waals surface area contributed by atoms with E-state index in [9.17, 15) is 4.21 Å². The molecule has 1 aromatic rings. The zero-order chi connectivity index (χ0) is 11.9. The van der Waals surface area contributed by atoms with Gasteiger partial charge < -0.3 is 9.47 Å². The Morgan fingerprint density at radius 3 is 3.12 bits per heavy atom. The van der Waals surface area contributed by atoms with E-state index < -0.39 is 0 Å². The van der Waals surface area contributed by atoms with Crippen LogP contribution in [0.5, 0.6) is 11.5 Å². The topological polar surface area (TPSA) is 35.5 Å². The van der Waals surface area contributed by atoms with Crippen molar-refractivity contribution >= 4 is 28.0 Å². The van der Waals surface area contributed by atoms with Gasteiger partial charge in [-0.05, 0) is 25.7 Å². The van der Waals surface area contributed by atoms with Gasteiger partial charge in [0, 0.05) is 16.1 Å². The molecule has 17 heavy (non-hydrogen) atoms. The Hall–Kier alpha value is -0.810. The first-order valence-electron chi connectivity index (χ1n) is 5.86. The summed E-state index contributed by atoms with van der Waals surface area (Å²) in [6.07, 6.45) is 5.49. The summed E-state index contributed by atoms with van der Waals surface area (Å²) in [6, 6.07) is 0. The normalized spacial score (nSPS) is 17.8. The molecule has 0 saturated carbocycles. The summed E-state index contributed by atoms with van der Waals surface area (Å²) in [5.74, 6) is 1.77. The molecule has 1 aromatic heterocycles. The molecule has 1 aliphatic rings. The molecule has 5 heteroatoms. The fourth-order valence-corrected chi connectivity index (χ4v) is 2.76. The second-order valence-electron chi connectivity index (χ2n) is 4.05. The maximum atomic E-state index is 10.1. The first-order chi connectivity index (χ1) is 8.40. The number of hydrogen-bond acceptors (Lipinski definition) is 4. The van der Waals surface area contributed by atoms with Crippen molar-refractivity contribution in [3.8, 4) is 11.5 Å². The zero-order valence-electron chi connectivity index (χ0n) is 9.59. The molecule has 2 heterocycles. The summed E-state index contributed by atoms with van der Waals surface area (Å²) in [6.45, 7) is 0.659. The largest absolute Gasteiger partial charge is 0.485 e. The van der Waals surface area contributed by atoms with Gasteiger partial charge in [0.1, 0.15) is 12.7 Å². The van der Waals surface area contributed by atoms with E-state index in [1.807, 2.05) is 10.8 Å². The monoisotopic (exact) mass is 272 g/mol. The van der Waals surface area contributed by atoms with Crippen LogP contribution in [-0.2, 0) is 11.3 Å². The molecule has 0 amide bonds. The van der Waals surface area contributed by atoms with E-state index in [-0.39, 0.29) is 6.10 Å². The van der Waals surface area contributed by atoms with E-state index in [4.69, 9.17) is 9.47 Å². The molecule has 1 atom stereocenters. The first kappa shape index (κ1) is 12.6. The summed E-state index contributed by atoms with van der Waals surface area (Å²) in [4.78, 5) is 0. The summed E-state index contributed by atoms with van der Waals surface area (Å²) >= 11 is 2.17. The highest BCUT2D eigenvalue weighted by molar-refractivity contribution is 7.64. The Morgan fingerprint density at radius 1 is 1.35 bits per heavy atom. The smallest absolute Gasteiger partial charge is 0.172 e. The third-order valence-electron chi connectivity index (χ3n) is 2.73. The van der Waals surface area contributed by atoms with E-state index in [2.05, 4.69) is 0 Å². The van der Waals surface area contributed by atoms with Gasteiger partial charge in [-0.3, -0.25) is 0 Å². The van der Waals surface area contributed by atoms with Gasteiger partial charge in [-0.2, -0.15) is 0 Å². The maximum absolute atomic E-state index is 10.1. The Balaban J connectivity index is 1.63. The molecule has 0 N–H and O–H groups in total. The lowest BCUT2D eigenvalue weighted by molar-refractivity contribution is 0.0842. The summed E-state index contributed by atoms with van der Waals surface area (Å²) in [7, 11) is 0. The molecule has 0 bridgehead atoms. The van der Waals surface area contributed by atoms with Crippen molar-refractivity contribution in [2.75, 3.05) is 6.61 Å². The molecule has 2 rings (SSSR count). The number of rotatable bonds is 6. The van der Waals surface area contributed by atoms with Crippen LogP contribution in [0.3, 0.4) is 0 Å². The molecule has 0 fully saturated rings. The molecule has 1 unspecified atom stereocenters. The van der Waals surface area contributed by atoms with E-state index in [0.29, 0.717) is 17.9 Å². The van der Waals surface area contributed by atoms with Gasteiger partial charge in [0.05, 0.1) is 11.3 Å². The third-order valence-corrected chi connectivity index (χ3v) is 3.80. The SMILES string of the molecule is O=S=CCCCCCC1COc2cscc2O1. The van der Waals surface area contributed by atoms with Crippen molar-refractivity contribution in [2.45, 2.75) is 38.2 Å². The molecule has 1 aliphatic heterocycles. The standard InChI is InChI=1S/C12H16O3S2/c13-17-6-4-2-1-3-5-10-7-14-11-8-16-9-12(11)15-10/h6,8-10H,1-5,7H2. The lowest BCUT2D eigenvalue weighted by atomic mass is 10.1. The first-order valence-corrected chi connectivity index (χ1v) is 7.61. The minimum Gasteiger partial charge on any atom is -0.485 e. The van der Waals surface area contributed by atoms with Crippen molar-refractivity contribution < 1.29 is 13.7 Å². The number of thiophene rings is 1. The molecule has 0 aromatic carbocycles. The number of hydrogen-bond donors (Lipinski definition) is 0. The fourth-order valence-electron chi connectivity index (χ4n) is 1.83. The van der Waals surface area contributed by atoms with Gasteiger partial charge in [-0.15, -0.1) is 11.3 Å². The maximum Gasteiger partial charge on any atom is 0.172 e. The van der Waals surface area contributed by atoms with E-state index in [0.717, 1.165) is 43.6 Å². The average Bonchev–Trinajstić information content (AvgIpc) is 2.81. The second-order valence-corrected chi connectivity index (χ2v) is 5.32. The van der Waals surface area contributed by atoms with E-state index in [1.54, 1.807) is 16.7 Å². The minimum absolute atomic E-state index is 0.190. The molecule has 0 radical (unpaired) electrons. The molecule has 3 nitrogen and oxygen atoms in total. The average molecular weight is 272 g/mol. The van der Waals surface area contributed by atoms with Gasteiger partial charge in [0.15, 0.2) is 11.5 Å². The van der Waals surface area contributed by atoms with E-state index in [1.165, 1.54) is 0 Å². The summed E-state index contributed by atoms with van der Waals surface area (Å²) < 4.78 is 21.6. The molecule has 0 spiro atoms. The summed E-state index contributed by atoms with van der Waals surface area (Å²) in [5.41, 5.74) is 0. The lowest BCUT2D eigenvalue weighted by Gasteiger charge is -2.24. The van der Waals surface area contributed by atoms with Gasteiger partial charge >= 0.3 is 0 Å². The van der Waals surface area contributed by atoms with Gasteiger partial charge in [-0.25, -0.2) is 4.21 Å². The number of unbranched alkanes of at least 4 members (excludes halogenated alkanes) is 3. The predicted octanol–water partition coefficient (Wildman–Crippen LogP) is 2.85. The van der Waals surface area contributed by atoms with Gasteiger partial charge in [0.25, 0.3) is 0 Å². The van der Waals surface area contributed by atoms with Crippen LogP contribution in [0.1, 0.15) is 32.1 Å². The Labute approximate surface area is 109 Å². The van der Waals surface area contributed by atoms with Crippen LogP contribution in [0.15, 0.2) is 10.8 Å². The van der Waals surface area contributed by atoms with Crippen molar-refractivity contribution in [1.29, 1.82) is 0 Å². The fraction of sp³-hybridized carbons (Fsp3) is 0.583. The van der Waals surface area contributed by atoms with Crippen LogP contribution in [0, 0.1) is 0 Å². The highest BCUT2D eigenvalue weighted by Gasteiger charge is 2.20. The van der Waals surface area contributed by atoms with Gasteiger partial charge in [0.2, 0.25) is 0 Å². The Kier molecular flexibility index (Phi) is 5.07. The van der Waals surface area contributed by atoms with Crippen LogP contribution in [0.2, 0.25) is 0 Å². The van der Waals surface area contributed by atoms with Crippen molar-refractivity contribution in [2.24, 2.45) is 0 Å². The highest BCUT2D eigenvalue weighted by Crippen LogP contribution is 2.35. The van der Waals surface area contributed by atoms with Crippen LogP contribution < -0.4 is 9.47 Å². The zero-order valence-corrected chi connectivity index (χ0v) is 11.2. The second kappa shape index (κ2) is 6.81. The highest BCUT2D eigenvalue weighted by atomic mass is 32.1. The van der Waals surface area contributed by atoms with Crippen LogP contribution >= 0.6 is 11.3 Å². The Morgan fingerprint density at radius 2 is 2.24 bits per heavy atom. The molecular formula is C12H16O3S2. The number of ether oxygens (including phenoxy) is 2. The molecule has 0 saturated heterocycles. The molecule has 94 valence electrons. The summed E-state index contributed by atoms with van der Waals surface area (Å²) in [5, 5.41) is 5.68. The van der Waals surface area contributed by atoms with Crippen LogP contribution in [0.25, 0.3) is 0 Å². The predicted molar refractivity (Wildman–Crippen MR) is 71.5 cm³/mol. The van der Waals surface area contributed by atoms with Crippen molar-refractivity contribution in [3.63, 3.8) is 0 Å². The number of fused-ring (bicyclic) bond motifs is 1. The van der Waals surface area contributed by atoms with E-state index >= 15 is 0 Å². The van der Waals surface area contributed by atoms with Gasteiger partial charge in [-0.1, -0.05) is 6.42 Å². The third kappa shape index (κ3) is 3.85.